The third-order valence-electron chi connectivity index (χ3n) is 8.61. The minimum Gasteiger partial charge on any atom is -0.428 e. The van der Waals surface area contributed by atoms with Gasteiger partial charge in [-0.15, -0.1) is 0 Å². The molecular formula is C21H31NO5. The van der Waals surface area contributed by atoms with Gasteiger partial charge in [0.2, 0.25) is 0 Å². The highest BCUT2D eigenvalue weighted by Gasteiger charge is 2.61. The Morgan fingerprint density at radius 3 is 2.78 bits per heavy atom. The van der Waals surface area contributed by atoms with Gasteiger partial charge in [0.1, 0.15) is 5.78 Å². The number of ketones is 1. The van der Waals surface area contributed by atoms with Crippen LogP contribution in [0.5, 0.6) is 0 Å². The summed E-state index contributed by atoms with van der Waals surface area (Å²) in [5.74, 6) is 2.11. The first-order valence-electron chi connectivity index (χ1n) is 10.3. The van der Waals surface area contributed by atoms with Crippen LogP contribution in [0.25, 0.3) is 0 Å². The number of rotatable bonds is 4. The van der Waals surface area contributed by atoms with Crippen LogP contribution >= 0.6 is 0 Å². The topological polar surface area (TPSA) is 85.2 Å². The first-order valence-corrected chi connectivity index (χ1v) is 10.3. The fraction of sp³-hybridized carbons (Fsp3) is 0.857. The molecule has 4 aliphatic rings. The monoisotopic (exact) mass is 377 g/mol. The maximum absolute atomic E-state index is 12.5. The van der Waals surface area contributed by atoms with Gasteiger partial charge in [-0.25, -0.2) is 0 Å². The van der Waals surface area contributed by atoms with Gasteiger partial charge in [-0.3, -0.25) is 9.59 Å². The smallest absolute Gasteiger partial charge is 0.296 e. The maximum Gasteiger partial charge on any atom is 0.296 e. The molecule has 4 fully saturated rings. The summed E-state index contributed by atoms with van der Waals surface area (Å²) in [6.07, 6.45) is 6.85. The summed E-state index contributed by atoms with van der Waals surface area (Å²) in [5, 5.41) is 15.2. The van der Waals surface area contributed by atoms with E-state index in [0.717, 1.165) is 57.1 Å². The van der Waals surface area contributed by atoms with E-state index in [2.05, 4.69) is 23.7 Å². The van der Waals surface area contributed by atoms with Gasteiger partial charge in [-0.2, -0.15) is 0 Å². The van der Waals surface area contributed by atoms with Gasteiger partial charge in [-0.1, -0.05) is 19.0 Å². The van der Waals surface area contributed by atoms with Gasteiger partial charge >= 0.3 is 0 Å². The molecule has 150 valence electrons. The summed E-state index contributed by atoms with van der Waals surface area (Å²) in [7, 11) is 0. The van der Waals surface area contributed by atoms with E-state index in [4.69, 9.17) is 4.84 Å². The largest absolute Gasteiger partial charge is 0.428 e. The Bertz CT molecular complexity index is 648. The lowest BCUT2D eigenvalue weighted by molar-refractivity contribution is -0.153. The Balaban J connectivity index is 1.52. The lowest BCUT2D eigenvalue weighted by Gasteiger charge is -2.60. The van der Waals surface area contributed by atoms with Crippen LogP contribution in [0.15, 0.2) is 5.16 Å². The lowest BCUT2D eigenvalue weighted by atomic mass is 9.44. The van der Waals surface area contributed by atoms with E-state index in [0.29, 0.717) is 30.0 Å². The van der Waals surface area contributed by atoms with Crippen molar-refractivity contribution in [2.45, 2.75) is 71.3 Å². The molecule has 4 aliphatic carbocycles. The van der Waals surface area contributed by atoms with Crippen molar-refractivity contribution >= 4 is 18.0 Å². The molecule has 0 aromatic heterocycles. The molecule has 0 radical (unpaired) electrons. The molecule has 6 heteroatoms. The molecule has 4 rings (SSSR count). The van der Waals surface area contributed by atoms with Crippen molar-refractivity contribution in [1.29, 1.82) is 0 Å². The van der Waals surface area contributed by atoms with Crippen LogP contribution in [0.1, 0.15) is 65.2 Å². The molecule has 0 saturated heterocycles. The number of hydrogen-bond acceptors (Lipinski definition) is 6. The molecular weight excluding hydrogens is 346 g/mol. The number of aliphatic hydroxyl groups is 1. The van der Waals surface area contributed by atoms with E-state index in [1.165, 1.54) is 0 Å². The predicted octanol–water partition coefficient (Wildman–Crippen LogP) is 3.07. The second kappa shape index (κ2) is 6.87. The van der Waals surface area contributed by atoms with Crippen molar-refractivity contribution < 1.29 is 24.3 Å². The molecule has 0 amide bonds. The minimum atomic E-state index is -0.356. The number of fused-ring (bicyclic) bond motifs is 5. The molecule has 7 atom stereocenters. The Morgan fingerprint density at radius 2 is 2.00 bits per heavy atom. The number of aliphatic hydroxyl groups excluding tert-OH is 1. The van der Waals surface area contributed by atoms with Crippen LogP contribution in [0.4, 0.5) is 0 Å². The number of carbonyl (C=O) groups excluding carboxylic acids is 2. The fourth-order valence-corrected chi connectivity index (χ4v) is 7.13. The average Bonchev–Trinajstić information content (AvgIpc) is 2.95. The van der Waals surface area contributed by atoms with Crippen molar-refractivity contribution in [2.75, 3.05) is 6.79 Å². The summed E-state index contributed by atoms with van der Waals surface area (Å²) >= 11 is 0. The van der Waals surface area contributed by atoms with Crippen molar-refractivity contribution in [2.24, 2.45) is 39.7 Å². The van der Waals surface area contributed by atoms with Crippen molar-refractivity contribution in [3.05, 3.63) is 0 Å². The van der Waals surface area contributed by atoms with Gasteiger partial charge in [-0.05, 0) is 74.0 Å². The standard InChI is InChI=1S/C21H31NO5/c1-20-7-5-13(22-27-12-26-11-23)9-17(20)18(24)10-14-15-3-4-19(25)21(15,2)8-6-16(14)20/h11,14-18,24H,3-10,12H2,1-2H3/t14?,15?,16?,17?,18-,20-,21+/m1/s1. The number of nitrogens with zero attached hydrogens (tertiary/aromatic N) is 1. The van der Waals surface area contributed by atoms with Crippen LogP contribution in [-0.2, 0) is 19.2 Å². The quantitative estimate of drug-likeness (QED) is 0.352. The van der Waals surface area contributed by atoms with E-state index < -0.39 is 0 Å². The molecule has 6 nitrogen and oxygen atoms in total. The van der Waals surface area contributed by atoms with Gasteiger partial charge in [0, 0.05) is 11.8 Å². The normalized spacial score (nSPS) is 47.7. The second-order valence-electron chi connectivity index (χ2n) is 9.58. The van der Waals surface area contributed by atoms with Crippen LogP contribution in [0.2, 0.25) is 0 Å². The Kier molecular flexibility index (Phi) is 4.81. The van der Waals surface area contributed by atoms with Gasteiger partial charge < -0.3 is 14.7 Å². The molecule has 0 bridgehead atoms. The highest BCUT2D eigenvalue weighted by Crippen LogP contribution is 2.65. The van der Waals surface area contributed by atoms with Crippen molar-refractivity contribution in [3.63, 3.8) is 0 Å². The fourth-order valence-electron chi connectivity index (χ4n) is 7.13. The van der Waals surface area contributed by atoms with E-state index in [1.54, 1.807) is 0 Å². The number of carbonyl (C=O) groups is 2. The minimum absolute atomic E-state index is 0.0909. The van der Waals surface area contributed by atoms with Gasteiger partial charge in [0.15, 0.2) is 0 Å². The summed E-state index contributed by atoms with van der Waals surface area (Å²) in [4.78, 5) is 27.8. The summed E-state index contributed by atoms with van der Waals surface area (Å²) in [6.45, 7) is 4.70. The zero-order valence-electron chi connectivity index (χ0n) is 16.4. The van der Waals surface area contributed by atoms with Crippen LogP contribution in [0, 0.1) is 34.5 Å². The Hall–Kier alpha value is -1.43. The molecule has 0 aromatic carbocycles. The number of ether oxygens (including phenoxy) is 1. The third-order valence-corrected chi connectivity index (χ3v) is 8.61. The van der Waals surface area contributed by atoms with Crippen LogP contribution in [0.3, 0.4) is 0 Å². The van der Waals surface area contributed by atoms with E-state index in [9.17, 15) is 14.7 Å². The average molecular weight is 377 g/mol. The molecule has 1 N–H and O–H groups in total. The zero-order chi connectivity index (χ0) is 19.2. The number of Topliss-reactive ketones (excluding diaryl/α,β-unsaturated/α-hetero) is 1. The predicted molar refractivity (Wildman–Crippen MR) is 98.7 cm³/mol. The number of hydrogen-bond donors (Lipinski definition) is 1. The molecule has 0 spiro atoms. The SMILES string of the molecule is C[C@]12CCC(=NOCOC=O)CC1[C@H](O)CC1C2CC[C@]2(C)C(=O)CCC12. The zero-order valence-corrected chi connectivity index (χ0v) is 16.4. The van der Waals surface area contributed by atoms with Crippen LogP contribution in [-0.4, -0.2) is 36.0 Å². The van der Waals surface area contributed by atoms with Crippen molar-refractivity contribution in [1.82, 2.24) is 0 Å². The molecule has 0 heterocycles. The highest BCUT2D eigenvalue weighted by molar-refractivity contribution is 5.87. The Morgan fingerprint density at radius 1 is 1.19 bits per heavy atom. The first kappa shape index (κ1) is 18.9. The van der Waals surface area contributed by atoms with Crippen LogP contribution < -0.4 is 0 Å². The summed E-state index contributed by atoms with van der Waals surface area (Å²) < 4.78 is 4.51. The highest BCUT2D eigenvalue weighted by atomic mass is 16.7. The summed E-state index contributed by atoms with van der Waals surface area (Å²) in [6, 6.07) is 0. The molecule has 0 aromatic rings. The maximum atomic E-state index is 12.5. The molecule has 4 saturated carbocycles. The second-order valence-corrected chi connectivity index (χ2v) is 9.58. The first-order chi connectivity index (χ1) is 12.9. The molecule has 27 heavy (non-hydrogen) atoms. The lowest BCUT2D eigenvalue weighted by Crippen LogP contribution is -2.57. The van der Waals surface area contributed by atoms with Crippen molar-refractivity contribution in [3.8, 4) is 0 Å². The van der Waals surface area contributed by atoms with E-state index >= 15 is 0 Å². The van der Waals surface area contributed by atoms with E-state index in [1.807, 2.05) is 0 Å². The van der Waals surface area contributed by atoms with Gasteiger partial charge in [0.05, 0.1) is 11.8 Å². The van der Waals surface area contributed by atoms with E-state index in [-0.39, 0.29) is 29.6 Å². The number of oxime groups is 1. The summed E-state index contributed by atoms with van der Waals surface area (Å²) in [5.41, 5.74) is 0.881. The Labute approximate surface area is 160 Å². The van der Waals surface area contributed by atoms with Gasteiger partial charge in [0.25, 0.3) is 13.3 Å². The molecule has 4 unspecified atom stereocenters. The molecule has 0 aliphatic heterocycles. The third kappa shape index (κ3) is 2.91.